The van der Waals surface area contributed by atoms with Crippen LogP contribution in [0.1, 0.15) is 136 Å². The summed E-state index contributed by atoms with van der Waals surface area (Å²) in [5.41, 5.74) is -0.150. The lowest BCUT2D eigenvalue weighted by Gasteiger charge is -2.21. The van der Waals surface area contributed by atoms with E-state index in [1.165, 1.54) is 95.3 Å². The Balaban J connectivity index is 1.63. The van der Waals surface area contributed by atoms with Crippen LogP contribution in [0, 0.1) is 11.8 Å². The molecule has 0 fully saturated rings. The van der Waals surface area contributed by atoms with Crippen LogP contribution < -0.4 is 9.47 Å². The van der Waals surface area contributed by atoms with Gasteiger partial charge in [0.05, 0.1) is 13.2 Å². The van der Waals surface area contributed by atoms with Crippen molar-refractivity contribution in [2.45, 2.75) is 136 Å². The minimum Gasteiger partial charge on any atom is -0.489 e. The van der Waals surface area contributed by atoms with Crippen molar-refractivity contribution < 1.29 is 14.6 Å². The van der Waals surface area contributed by atoms with Gasteiger partial charge in [-0.15, -0.1) is 0 Å². The first-order valence-electron chi connectivity index (χ1n) is 17.8. The third-order valence-corrected chi connectivity index (χ3v) is 9.48. The molecule has 0 atom stereocenters. The van der Waals surface area contributed by atoms with Gasteiger partial charge >= 0.3 is 0 Å². The van der Waals surface area contributed by atoms with Crippen LogP contribution in [0.15, 0.2) is 40.9 Å². The summed E-state index contributed by atoms with van der Waals surface area (Å²) in [4.78, 5) is 0. The normalized spacial score (nSPS) is 11.9. The number of rotatable bonds is 20. The Morgan fingerprint density at radius 3 is 1.51 bits per heavy atom. The minimum absolute atomic E-state index is 0.679. The Bertz CT molecular complexity index is 1540. The molecular weight excluding hydrogens is 620 g/mol. The molecule has 0 aromatic heterocycles. The topological polar surface area (TPSA) is 38.7 Å². The predicted molar refractivity (Wildman–Crippen MR) is 197 cm³/mol. The quantitative estimate of drug-likeness (QED) is 0.0576. The van der Waals surface area contributed by atoms with E-state index in [1.807, 2.05) is 0 Å². The fourth-order valence-electron chi connectivity index (χ4n) is 6.31. The van der Waals surface area contributed by atoms with Crippen molar-refractivity contribution in [1.29, 1.82) is 0 Å². The van der Waals surface area contributed by atoms with Crippen molar-refractivity contribution in [2.24, 2.45) is 0 Å². The average molecular weight is 676 g/mol. The summed E-state index contributed by atoms with van der Waals surface area (Å²) in [6.07, 6.45) is 20.3. The van der Waals surface area contributed by atoms with Crippen molar-refractivity contribution >= 4 is 48.2 Å². The van der Waals surface area contributed by atoms with Gasteiger partial charge in [-0.2, -0.15) is 0 Å². The zero-order chi connectivity index (χ0) is 32.1. The first kappa shape index (κ1) is 35.4. The Morgan fingerprint density at radius 1 is 0.578 bits per heavy atom. The molecule has 0 radical (unpaired) electrons. The zero-order valence-corrected chi connectivity index (χ0v) is 29.9. The van der Waals surface area contributed by atoms with E-state index in [0.29, 0.717) is 13.2 Å². The van der Waals surface area contributed by atoms with E-state index in [4.69, 9.17) is 9.47 Å². The van der Waals surface area contributed by atoms with Gasteiger partial charge in [-0.05, 0) is 61.7 Å². The summed E-state index contributed by atoms with van der Waals surface area (Å²) >= 11 is 3.82. The maximum atomic E-state index is 10.3. The van der Waals surface area contributed by atoms with Gasteiger partial charge in [0.1, 0.15) is 5.60 Å². The van der Waals surface area contributed by atoms with Gasteiger partial charge in [0.15, 0.2) is 11.5 Å². The van der Waals surface area contributed by atoms with Gasteiger partial charge in [0.2, 0.25) is 0 Å². The van der Waals surface area contributed by atoms with Gasteiger partial charge < -0.3 is 14.6 Å². The van der Waals surface area contributed by atoms with Crippen molar-refractivity contribution in [1.82, 2.24) is 0 Å². The molecule has 0 aliphatic heterocycles. The van der Waals surface area contributed by atoms with Crippen molar-refractivity contribution in [3.8, 4) is 23.3 Å². The summed E-state index contributed by atoms with van der Waals surface area (Å²) in [5, 5.41) is 17.0. The van der Waals surface area contributed by atoms with Crippen LogP contribution in [0.25, 0.3) is 32.3 Å². The molecule has 0 aliphatic carbocycles. The molecule has 244 valence electrons. The van der Waals surface area contributed by atoms with Crippen LogP contribution >= 0.6 is 15.9 Å². The monoisotopic (exact) mass is 674 g/mol. The van der Waals surface area contributed by atoms with E-state index in [2.05, 4.69) is 78.0 Å². The van der Waals surface area contributed by atoms with Crippen LogP contribution in [0.3, 0.4) is 0 Å². The van der Waals surface area contributed by atoms with Gasteiger partial charge in [-0.1, -0.05) is 144 Å². The van der Waals surface area contributed by atoms with Crippen molar-refractivity contribution in [3.05, 3.63) is 46.4 Å². The molecule has 3 nitrogen and oxygen atoms in total. The third-order valence-electron chi connectivity index (χ3n) is 8.79. The van der Waals surface area contributed by atoms with E-state index in [1.54, 1.807) is 13.8 Å². The fourth-order valence-corrected chi connectivity index (χ4v) is 6.78. The second-order valence-corrected chi connectivity index (χ2v) is 14.1. The molecule has 4 aromatic carbocycles. The molecular formula is C41H55BrO3. The first-order chi connectivity index (χ1) is 21.9. The van der Waals surface area contributed by atoms with Crippen molar-refractivity contribution in [2.75, 3.05) is 13.2 Å². The van der Waals surface area contributed by atoms with Gasteiger partial charge in [0, 0.05) is 31.6 Å². The minimum atomic E-state index is -1.06. The highest BCUT2D eigenvalue weighted by atomic mass is 79.9. The predicted octanol–water partition coefficient (Wildman–Crippen LogP) is 12.5. The second kappa shape index (κ2) is 18.0. The largest absolute Gasteiger partial charge is 0.489 e. The van der Waals surface area contributed by atoms with Crippen LogP contribution in [-0.2, 0) is 0 Å². The van der Waals surface area contributed by atoms with Gasteiger partial charge in [-0.25, -0.2) is 0 Å². The molecule has 4 aromatic rings. The maximum absolute atomic E-state index is 10.3. The standard InChI is InChI=1S/C41H55BrO3/c1-5-7-9-11-13-15-17-19-29-44-39-34-22-21-31(27-28-41(3,4)43)32-23-24-33-36(42)26-25-35(38(33)37(32)34)40(39)45-30-20-18-16-14-12-10-8-6-2/h21-26,43H,5-20,29-30H2,1-4H3. The number of benzene rings is 4. The smallest absolute Gasteiger partial charge is 0.169 e. The van der Waals surface area contributed by atoms with Gasteiger partial charge in [-0.3, -0.25) is 0 Å². The molecule has 0 spiro atoms. The number of unbranched alkanes of at least 4 members (excludes halogenated alkanes) is 14. The molecule has 0 unspecified atom stereocenters. The highest BCUT2D eigenvalue weighted by Crippen LogP contribution is 2.49. The van der Waals surface area contributed by atoms with Crippen LogP contribution in [-0.4, -0.2) is 23.9 Å². The Kier molecular flexibility index (Phi) is 14.2. The lowest BCUT2D eigenvalue weighted by atomic mass is 9.90. The Hall–Kier alpha value is -2.48. The summed E-state index contributed by atoms with van der Waals surface area (Å²) in [6, 6.07) is 12.8. The number of hydrogen-bond acceptors (Lipinski definition) is 3. The number of ether oxygens (including phenoxy) is 2. The SMILES string of the molecule is CCCCCCCCCCOc1c(OCCCCCCCCCC)c2ccc(C#CC(C)(C)O)c3ccc4c(Br)ccc1c4c32. The molecule has 0 bridgehead atoms. The van der Waals surface area contributed by atoms with Gasteiger partial charge in [0.25, 0.3) is 0 Å². The maximum Gasteiger partial charge on any atom is 0.169 e. The molecule has 1 N–H and O–H groups in total. The van der Waals surface area contributed by atoms with Crippen LogP contribution in [0.5, 0.6) is 11.5 Å². The number of hydrogen-bond donors (Lipinski definition) is 1. The second-order valence-electron chi connectivity index (χ2n) is 13.3. The van der Waals surface area contributed by atoms with E-state index < -0.39 is 5.60 Å². The average Bonchev–Trinajstić information content (AvgIpc) is 3.02. The molecule has 45 heavy (non-hydrogen) atoms. The van der Waals surface area contributed by atoms with E-state index in [-0.39, 0.29) is 0 Å². The highest BCUT2D eigenvalue weighted by Gasteiger charge is 2.22. The lowest BCUT2D eigenvalue weighted by Crippen LogP contribution is -2.14. The molecule has 4 rings (SSSR count). The third kappa shape index (κ3) is 10.0. The van der Waals surface area contributed by atoms with E-state index >= 15 is 0 Å². The van der Waals surface area contributed by atoms with Crippen LogP contribution in [0.4, 0.5) is 0 Å². The first-order valence-corrected chi connectivity index (χ1v) is 18.6. The number of halogens is 1. The van der Waals surface area contributed by atoms with Crippen LogP contribution in [0.2, 0.25) is 0 Å². The molecule has 0 aliphatic rings. The fraction of sp³-hybridized carbons (Fsp3) is 0.561. The Morgan fingerprint density at radius 2 is 1.00 bits per heavy atom. The molecule has 0 saturated heterocycles. The number of aliphatic hydroxyl groups is 1. The van der Waals surface area contributed by atoms with Crippen molar-refractivity contribution in [3.63, 3.8) is 0 Å². The van der Waals surface area contributed by atoms with E-state index in [0.717, 1.165) is 61.3 Å². The zero-order valence-electron chi connectivity index (χ0n) is 28.3. The summed E-state index contributed by atoms with van der Waals surface area (Å²) in [6.45, 7) is 9.35. The molecule has 0 amide bonds. The molecule has 4 heteroatoms. The van der Waals surface area contributed by atoms with E-state index in [9.17, 15) is 5.11 Å². The molecule has 0 heterocycles. The lowest BCUT2D eigenvalue weighted by molar-refractivity contribution is 0.143. The highest BCUT2D eigenvalue weighted by molar-refractivity contribution is 9.10. The summed E-state index contributed by atoms with van der Waals surface area (Å²) in [7, 11) is 0. The summed E-state index contributed by atoms with van der Waals surface area (Å²) < 4.78 is 14.5. The Labute approximate surface area is 280 Å². The summed E-state index contributed by atoms with van der Waals surface area (Å²) in [5.74, 6) is 8.00. The molecule has 0 saturated carbocycles.